The van der Waals surface area contributed by atoms with Crippen molar-refractivity contribution in [2.75, 3.05) is 46.7 Å². The Morgan fingerprint density at radius 1 is 0.953 bits per heavy atom. The lowest BCUT2D eigenvalue weighted by molar-refractivity contribution is -0.135. The quantitative estimate of drug-likeness (QED) is 0.327. The van der Waals surface area contributed by atoms with Gasteiger partial charge in [0.25, 0.3) is 5.91 Å². The fourth-order valence-corrected chi connectivity index (χ4v) is 6.76. The van der Waals surface area contributed by atoms with E-state index in [0.717, 1.165) is 11.1 Å². The number of hydrogen-bond donors (Lipinski definition) is 0. The zero-order valence-corrected chi connectivity index (χ0v) is 25.3. The van der Waals surface area contributed by atoms with Crippen molar-refractivity contribution < 1.29 is 32.2 Å². The van der Waals surface area contributed by atoms with Gasteiger partial charge in [0.2, 0.25) is 22.7 Å². The Morgan fingerprint density at radius 2 is 1.65 bits per heavy atom. The molecule has 2 aliphatic heterocycles. The topological polar surface area (TPSA) is 106 Å². The van der Waals surface area contributed by atoms with Gasteiger partial charge in [0, 0.05) is 44.9 Å². The summed E-state index contributed by atoms with van der Waals surface area (Å²) in [7, 11) is -2.43. The second-order valence-electron chi connectivity index (χ2n) is 10.7. The second-order valence-corrected chi connectivity index (χ2v) is 12.7. The van der Waals surface area contributed by atoms with Crippen LogP contribution in [-0.2, 0) is 26.1 Å². The molecule has 0 N–H and O–H groups in total. The first kappa shape index (κ1) is 30.5. The highest BCUT2D eigenvalue weighted by Gasteiger charge is 2.34. The average molecular weight is 608 g/mol. The summed E-state index contributed by atoms with van der Waals surface area (Å²) >= 11 is 0. The Bertz CT molecular complexity index is 1520. The first-order chi connectivity index (χ1) is 20.8. The van der Waals surface area contributed by atoms with E-state index in [1.165, 1.54) is 23.5 Å². The molecule has 2 amide bonds. The molecule has 2 heterocycles. The van der Waals surface area contributed by atoms with E-state index < -0.39 is 10.0 Å². The fourth-order valence-electron chi connectivity index (χ4n) is 5.36. The maximum atomic E-state index is 14.0. The molecule has 0 aliphatic carbocycles. The third-order valence-corrected chi connectivity index (χ3v) is 9.70. The smallest absolute Gasteiger partial charge is 0.253 e. The number of piperidine rings is 1. The third-order valence-electron chi connectivity index (χ3n) is 7.84. The van der Waals surface area contributed by atoms with Crippen molar-refractivity contribution in [1.29, 1.82) is 0 Å². The summed E-state index contributed by atoms with van der Waals surface area (Å²) in [6.07, 6.45) is 1.13. The van der Waals surface area contributed by atoms with Crippen LogP contribution in [0.15, 0.2) is 77.7 Å². The van der Waals surface area contributed by atoms with Crippen LogP contribution in [0.2, 0.25) is 0 Å². The molecular weight excluding hydrogens is 570 g/mol. The van der Waals surface area contributed by atoms with Crippen molar-refractivity contribution in [3.8, 4) is 11.5 Å². The highest BCUT2D eigenvalue weighted by atomic mass is 32.2. The number of carbonyl (C=O) groups is 2. The van der Waals surface area contributed by atoms with Crippen molar-refractivity contribution >= 4 is 21.8 Å². The molecule has 1 saturated heterocycles. The van der Waals surface area contributed by atoms with Crippen molar-refractivity contribution in [2.45, 2.75) is 37.2 Å². The van der Waals surface area contributed by atoms with E-state index in [-0.39, 0.29) is 49.2 Å². The predicted molar refractivity (Wildman–Crippen MR) is 160 cm³/mol. The van der Waals surface area contributed by atoms with Crippen molar-refractivity contribution in [3.63, 3.8) is 0 Å². The summed E-state index contributed by atoms with van der Waals surface area (Å²) in [5.74, 6) is 0.776. The van der Waals surface area contributed by atoms with Crippen molar-refractivity contribution in [1.82, 2.24) is 14.1 Å². The largest absolute Gasteiger partial charge is 0.454 e. The molecule has 10 nitrogen and oxygen atoms in total. The van der Waals surface area contributed by atoms with Gasteiger partial charge in [0.05, 0.1) is 18.0 Å². The average Bonchev–Trinajstić information content (AvgIpc) is 3.51. The zero-order valence-electron chi connectivity index (χ0n) is 24.5. The van der Waals surface area contributed by atoms with Crippen LogP contribution in [0.1, 0.15) is 34.3 Å². The number of likely N-dealkylation sites (tertiary alicyclic amines) is 1. The number of rotatable bonds is 11. The molecule has 43 heavy (non-hydrogen) atoms. The number of aryl methyl sites for hydroxylation is 1. The van der Waals surface area contributed by atoms with Gasteiger partial charge in [-0.2, -0.15) is 4.31 Å². The molecule has 0 bridgehead atoms. The van der Waals surface area contributed by atoms with E-state index in [0.29, 0.717) is 49.5 Å². The van der Waals surface area contributed by atoms with Gasteiger partial charge in [-0.05, 0) is 55.7 Å². The number of amides is 2. The van der Waals surface area contributed by atoms with E-state index in [2.05, 4.69) is 0 Å². The Morgan fingerprint density at radius 3 is 2.35 bits per heavy atom. The molecule has 0 atom stereocenters. The Kier molecular flexibility index (Phi) is 9.64. The number of carbonyl (C=O) groups excluding carboxylic acids is 2. The van der Waals surface area contributed by atoms with E-state index in [1.807, 2.05) is 31.2 Å². The van der Waals surface area contributed by atoms with Crippen LogP contribution in [-0.4, -0.2) is 87.1 Å². The number of fused-ring (bicyclic) bond motifs is 1. The fraction of sp³-hybridized carbons (Fsp3) is 0.375. The molecule has 3 aromatic rings. The standard InChI is InChI=1S/C32H37N3O7S/c1-24-8-10-25(11-9-24)21-35(31(36)22-34(18-19-40-2)43(38,39)28-6-4-3-5-7-28)27-14-16-33(17-15-27)32(37)26-12-13-29-30(20-26)42-23-41-29/h3-13,20,27H,14-19,21-23H2,1-2H3. The maximum absolute atomic E-state index is 14.0. The number of sulfonamides is 1. The minimum atomic E-state index is -3.93. The minimum absolute atomic E-state index is 0.0420. The van der Waals surface area contributed by atoms with Crippen LogP contribution in [0.5, 0.6) is 11.5 Å². The monoisotopic (exact) mass is 607 g/mol. The van der Waals surface area contributed by atoms with Crippen LogP contribution < -0.4 is 9.47 Å². The molecule has 0 radical (unpaired) electrons. The maximum Gasteiger partial charge on any atom is 0.253 e. The normalized spacial score (nSPS) is 15.1. The van der Waals surface area contributed by atoms with Gasteiger partial charge in [-0.3, -0.25) is 9.59 Å². The first-order valence-corrected chi connectivity index (χ1v) is 15.8. The van der Waals surface area contributed by atoms with E-state index in [1.54, 1.807) is 46.2 Å². The molecule has 0 saturated carbocycles. The number of benzene rings is 3. The van der Waals surface area contributed by atoms with E-state index in [9.17, 15) is 18.0 Å². The Balaban J connectivity index is 1.33. The van der Waals surface area contributed by atoms with Gasteiger partial charge < -0.3 is 24.0 Å². The van der Waals surface area contributed by atoms with Crippen LogP contribution in [0.4, 0.5) is 0 Å². The molecular formula is C32H37N3O7S. The summed E-state index contributed by atoms with van der Waals surface area (Å²) in [5, 5.41) is 0. The molecule has 3 aromatic carbocycles. The van der Waals surface area contributed by atoms with Crippen LogP contribution in [0.3, 0.4) is 0 Å². The van der Waals surface area contributed by atoms with Crippen molar-refractivity contribution in [3.05, 3.63) is 89.5 Å². The SMILES string of the molecule is COCCN(CC(=O)N(Cc1ccc(C)cc1)C1CCN(C(=O)c2ccc3c(c2)OCO3)CC1)S(=O)(=O)c1ccccc1. The minimum Gasteiger partial charge on any atom is -0.454 e. The second kappa shape index (κ2) is 13.6. The third kappa shape index (κ3) is 7.18. The van der Waals surface area contributed by atoms with Gasteiger partial charge in [0.1, 0.15) is 0 Å². The molecule has 0 aromatic heterocycles. The lowest BCUT2D eigenvalue weighted by Gasteiger charge is -2.39. The first-order valence-electron chi connectivity index (χ1n) is 14.3. The number of nitrogens with zero attached hydrogens (tertiary/aromatic N) is 3. The van der Waals surface area contributed by atoms with Gasteiger partial charge in [-0.15, -0.1) is 0 Å². The Hall–Kier alpha value is -3.93. The number of methoxy groups -OCH3 is 1. The summed E-state index contributed by atoms with van der Waals surface area (Å²) < 4.78 is 44.2. The number of ether oxygens (including phenoxy) is 3. The summed E-state index contributed by atoms with van der Waals surface area (Å²) in [6.45, 7) is 3.28. The van der Waals surface area contributed by atoms with Crippen LogP contribution >= 0.6 is 0 Å². The molecule has 0 spiro atoms. The predicted octanol–water partition coefficient (Wildman–Crippen LogP) is 3.69. The summed E-state index contributed by atoms with van der Waals surface area (Å²) in [5.41, 5.74) is 2.58. The highest BCUT2D eigenvalue weighted by Crippen LogP contribution is 2.33. The van der Waals surface area contributed by atoms with Gasteiger partial charge in [0.15, 0.2) is 11.5 Å². The molecule has 5 rings (SSSR count). The molecule has 2 aliphatic rings. The van der Waals surface area contributed by atoms with Crippen molar-refractivity contribution in [2.24, 2.45) is 0 Å². The van der Waals surface area contributed by atoms with Gasteiger partial charge in [-0.1, -0.05) is 48.0 Å². The Labute approximate surface area is 252 Å². The summed E-state index contributed by atoms with van der Waals surface area (Å²) in [6, 6.07) is 21.1. The van der Waals surface area contributed by atoms with E-state index >= 15 is 0 Å². The molecule has 11 heteroatoms. The van der Waals surface area contributed by atoms with Crippen LogP contribution in [0.25, 0.3) is 0 Å². The lowest BCUT2D eigenvalue weighted by atomic mass is 10.0. The van der Waals surface area contributed by atoms with Gasteiger partial charge in [-0.25, -0.2) is 8.42 Å². The van der Waals surface area contributed by atoms with E-state index in [4.69, 9.17) is 14.2 Å². The lowest BCUT2D eigenvalue weighted by Crippen LogP contribution is -2.51. The molecule has 0 unspecified atom stereocenters. The molecule has 1 fully saturated rings. The molecule has 228 valence electrons. The number of hydrogen-bond acceptors (Lipinski definition) is 7. The highest BCUT2D eigenvalue weighted by molar-refractivity contribution is 7.89. The van der Waals surface area contributed by atoms with Gasteiger partial charge >= 0.3 is 0 Å². The van der Waals surface area contributed by atoms with Crippen LogP contribution in [0, 0.1) is 6.92 Å². The summed E-state index contributed by atoms with van der Waals surface area (Å²) in [4.78, 5) is 31.0. The zero-order chi connectivity index (χ0) is 30.4.